The van der Waals surface area contributed by atoms with Crippen LogP contribution in [0, 0.1) is 12.8 Å². The largest absolute Gasteiger partial charge is 0.508 e. The number of aliphatic hydroxyl groups is 1. The van der Waals surface area contributed by atoms with Crippen LogP contribution in [0.3, 0.4) is 0 Å². The molecule has 6 nitrogen and oxygen atoms in total. The van der Waals surface area contributed by atoms with Crippen molar-refractivity contribution in [1.29, 1.82) is 0 Å². The first-order chi connectivity index (χ1) is 16.7. The molecule has 1 unspecified atom stereocenters. The van der Waals surface area contributed by atoms with Gasteiger partial charge in [-0.2, -0.15) is 0 Å². The Morgan fingerprint density at radius 3 is 2.40 bits per heavy atom. The number of ether oxygens (including phenoxy) is 1. The smallest absolute Gasteiger partial charge is 0.300 e. The lowest BCUT2D eigenvalue weighted by Gasteiger charge is -2.25. The van der Waals surface area contributed by atoms with Crippen molar-refractivity contribution in [2.24, 2.45) is 5.92 Å². The molecule has 1 amide bonds. The van der Waals surface area contributed by atoms with Crippen LogP contribution in [-0.2, 0) is 9.59 Å². The molecule has 3 aromatic rings. The number of halogens is 1. The van der Waals surface area contributed by atoms with Crippen LogP contribution in [0.1, 0.15) is 36.6 Å². The number of benzene rings is 3. The number of carbonyl (C=O) groups is 2. The first kappa shape index (κ1) is 24.4. The number of rotatable bonds is 6. The van der Waals surface area contributed by atoms with Crippen molar-refractivity contribution in [2.75, 3.05) is 11.5 Å². The molecule has 180 valence electrons. The van der Waals surface area contributed by atoms with Gasteiger partial charge in [-0.25, -0.2) is 0 Å². The first-order valence-corrected chi connectivity index (χ1v) is 11.6. The molecular formula is C28H26ClNO5. The maximum atomic E-state index is 13.2. The van der Waals surface area contributed by atoms with Gasteiger partial charge in [0.2, 0.25) is 0 Å². The predicted molar refractivity (Wildman–Crippen MR) is 136 cm³/mol. The van der Waals surface area contributed by atoms with E-state index in [2.05, 4.69) is 13.8 Å². The fourth-order valence-electron chi connectivity index (χ4n) is 4.08. The third-order valence-corrected chi connectivity index (χ3v) is 6.01. The summed E-state index contributed by atoms with van der Waals surface area (Å²) in [5, 5.41) is 21.9. The number of ketones is 1. The van der Waals surface area contributed by atoms with Crippen LogP contribution in [-0.4, -0.2) is 28.5 Å². The number of amides is 1. The van der Waals surface area contributed by atoms with E-state index in [1.807, 2.05) is 6.92 Å². The van der Waals surface area contributed by atoms with E-state index in [1.165, 1.54) is 17.0 Å². The van der Waals surface area contributed by atoms with Crippen LogP contribution in [0.15, 0.2) is 72.3 Å². The molecule has 1 saturated heterocycles. The Morgan fingerprint density at radius 2 is 1.77 bits per heavy atom. The topological polar surface area (TPSA) is 87.1 Å². The Hall–Kier alpha value is -3.77. The standard InChI is InChI=1S/C28H26ClNO5/c1-16(2)15-35-23-12-7-19(13-17(23)3)26(32)24-25(18-5-4-6-22(31)14-18)30(28(34)27(24)33)21-10-8-20(29)9-11-21/h4-14,16,25,31-32H,15H2,1-3H3/b26-24-. The SMILES string of the molecule is Cc1cc(/C(O)=C2/C(=O)C(=O)N(c3ccc(Cl)cc3)C2c2cccc(O)c2)ccc1OCC(C)C. The summed E-state index contributed by atoms with van der Waals surface area (Å²) in [5.41, 5.74) is 2.03. The number of hydrogen-bond acceptors (Lipinski definition) is 5. The van der Waals surface area contributed by atoms with E-state index in [9.17, 15) is 19.8 Å². The Kier molecular flexibility index (Phi) is 6.85. The zero-order valence-corrected chi connectivity index (χ0v) is 20.4. The second kappa shape index (κ2) is 9.84. The molecule has 1 aliphatic heterocycles. The highest BCUT2D eigenvalue weighted by Crippen LogP contribution is 2.43. The van der Waals surface area contributed by atoms with Crippen LogP contribution < -0.4 is 9.64 Å². The maximum absolute atomic E-state index is 13.2. The number of carbonyl (C=O) groups excluding carboxylic acids is 2. The fourth-order valence-corrected chi connectivity index (χ4v) is 4.21. The molecule has 3 aromatic carbocycles. The van der Waals surface area contributed by atoms with Gasteiger partial charge in [0.25, 0.3) is 11.7 Å². The molecule has 1 heterocycles. The van der Waals surface area contributed by atoms with E-state index in [4.69, 9.17) is 16.3 Å². The van der Waals surface area contributed by atoms with Gasteiger partial charge in [-0.3, -0.25) is 14.5 Å². The lowest BCUT2D eigenvalue weighted by Crippen LogP contribution is -2.29. The molecule has 0 bridgehead atoms. The highest BCUT2D eigenvalue weighted by atomic mass is 35.5. The van der Waals surface area contributed by atoms with Crippen molar-refractivity contribution < 1.29 is 24.5 Å². The van der Waals surface area contributed by atoms with Crippen molar-refractivity contribution >= 4 is 34.7 Å². The molecule has 0 aromatic heterocycles. The molecule has 1 atom stereocenters. The zero-order chi connectivity index (χ0) is 25.3. The molecule has 1 aliphatic rings. The van der Waals surface area contributed by atoms with Gasteiger partial charge in [-0.1, -0.05) is 37.6 Å². The van der Waals surface area contributed by atoms with Crippen LogP contribution >= 0.6 is 11.6 Å². The summed E-state index contributed by atoms with van der Waals surface area (Å²) in [6.07, 6.45) is 0. The van der Waals surface area contributed by atoms with Gasteiger partial charge in [0, 0.05) is 16.3 Å². The Balaban J connectivity index is 1.85. The lowest BCUT2D eigenvalue weighted by atomic mass is 9.94. The Bertz CT molecular complexity index is 1310. The average molecular weight is 492 g/mol. The minimum Gasteiger partial charge on any atom is -0.508 e. The molecule has 2 N–H and O–H groups in total. The zero-order valence-electron chi connectivity index (χ0n) is 19.7. The van der Waals surface area contributed by atoms with Gasteiger partial charge in [-0.15, -0.1) is 0 Å². The number of nitrogens with zero attached hydrogens (tertiary/aromatic N) is 1. The fraction of sp³-hybridized carbons (Fsp3) is 0.214. The van der Waals surface area contributed by atoms with Crippen LogP contribution in [0.25, 0.3) is 5.76 Å². The summed E-state index contributed by atoms with van der Waals surface area (Å²) in [4.78, 5) is 27.7. The van der Waals surface area contributed by atoms with Crippen molar-refractivity contribution in [3.63, 3.8) is 0 Å². The van der Waals surface area contributed by atoms with Gasteiger partial charge in [-0.05, 0) is 78.6 Å². The number of hydrogen-bond donors (Lipinski definition) is 2. The highest BCUT2D eigenvalue weighted by molar-refractivity contribution is 6.51. The van der Waals surface area contributed by atoms with E-state index in [0.717, 1.165) is 5.56 Å². The van der Waals surface area contributed by atoms with Gasteiger partial charge < -0.3 is 14.9 Å². The molecule has 0 saturated carbocycles. The number of aryl methyl sites for hydroxylation is 1. The third-order valence-electron chi connectivity index (χ3n) is 5.76. The highest BCUT2D eigenvalue weighted by Gasteiger charge is 2.47. The second-order valence-corrected chi connectivity index (χ2v) is 9.36. The number of aliphatic hydroxyl groups excluding tert-OH is 1. The lowest BCUT2D eigenvalue weighted by molar-refractivity contribution is -0.132. The summed E-state index contributed by atoms with van der Waals surface area (Å²) in [6.45, 7) is 6.51. The third kappa shape index (κ3) is 4.88. The predicted octanol–water partition coefficient (Wildman–Crippen LogP) is 6.02. The molecule has 7 heteroatoms. The van der Waals surface area contributed by atoms with E-state index in [-0.39, 0.29) is 17.1 Å². The Labute approximate surface area is 209 Å². The monoisotopic (exact) mass is 491 g/mol. The van der Waals surface area contributed by atoms with Crippen LogP contribution in [0.4, 0.5) is 5.69 Å². The van der Waals surface area contributed by atoms with Crippen LogP contribution in [0.2, 0.25) is 5.02 Å². The van der Waals surface area contributed by atoms with E-state index >= 15 is 0 Å². The molecule has 0 radical (unpaired) electrons. The number of anilines is 1. The number of phenolic OH excluding ortho intramolecular Hbond substituents is 1. The molecule has 1 fully saturated rings. The van der Waals surface area contributed by atoms with Crippen molar-refractivity contribution in [3.8, 4) is 11.5 Å². The summed E-state index contributed by atoms with van der Waals surface area (Å²) in [6, 6.07) is 17.0. The van der Waals surface area contributed by atoms with E-state index in [0.29, 0.717) is 40.1 Å². The summed E-state index contributed by atoms with van der Waals surface area (Å²) in [7, 11) is 0. The molecule has 35 heavy (non-hydrogen) atoms. The quantitative estimate of drug-likeness (QED) is 0.250. The van der Waals surface area contributed by atoms with Gasteiger partial charge in [0.05, 0.1) is 18.2 Å². The second-order valence-electron chi connectivity index (χ2n) is 8.93. The summed E-state index contributed by atoms with van der Waals surface area (Å²) < 4.78 is 5.82. The van der Waals surface area contributed by atoms with Gasteiger partial charge >= 0.3 is 0 Å². The number of Topliss-reactive ketones (excluding diaryl/α,β-unsaturated/α-hetero) is 1. The minimum absolute atomic E-state index is 0.0216. The first-order valence-electron chi connectivity index (χ1n) is 11.3. The van der Waals surface area contributed by atoms with Gasteiger partial charge in [0.15, 0.2) is 0 Å². The Morgan fingerprint density at radius 1 is 1.06 bits per heavy atom. The van der Waals surface area contributed by atoms with E-state index < -0.39 is 17.7 Å². The molecule has 4 rings (SSSR count). The molecule has 0 aliphatic carbocycles. The van der Waals surface area contributed by atoms with Crippen LogP contribution in [0.5, 0.6) is 11.5 Å². The maximum Gasteiger partial charge on any atom is 0.300 e. The van der Waals surface area contributed by atoms with Crippen molar-refractivity contribution in [1.82, 2.24) is 0 Å². The summed E-state index contributed by atoms with van der Waals surface area (Å²) >= 11 is 6.02. The van der Waals surface area contributed by atoms with E-state index in [1.54, 1.807) is 54.6 Å². The van der Waals surface area contributed by atoms with Crippen molar-refractivity contribution in [3.05, 3.63) is 94.0 Å². The summed E-state index contributed by atoms with van der Waals surface area (Å²) in [5.74, 6) is -0.882. The average Bonchev–Trinajstić information content (AvgIpc) is 3.08. The van der Waals surface area contributed by atoms with Gasteiger partial charge in [0.1, 0.15) is 17.3 Å². The normalized spacial score (nSPS) is 17.3. The molecular weight excluding hydrogens is 466 g/mol. The number of aromatic hydroxyl groups is 1. The van der Waals surface area contributed by atoms with Crippen molar-refractivity contribution in [2.45, 2.75) is 26.8 Å². The number of phenols is 1. The minimum atomic E-state index is -0.944. The molecule has 0 spiro atoms.